The van der Waals surface area contributed by atoms with E-state index >= 15 is 0 Å². The van der Waals surface area contributed by atoms with Crippen molar-refractivity contribution >= 4 is 54.0 Å². The van der Waals surface area contributed by atoms with Gasteiger partial charge in [0, 0.05) is 17.9 Å². The molecule has 0 bridgehead atoms. The fraction of sp³-hybridized carbons (Fsp3) is 0.333. The summed E-state index contributed by atoms with van der Waals surface area (Å²) in [5.74, 6) is -0.109. The van der Waals surface area contributed by atoms with Gasteiger partial charge in [0.1, 0.15) is 0 Å². The third-order valence-electron chi connectivity index (χ3n) is 4.99. The predicted octanol–water partition coefficient (Wildman–Crippen LogP) is 4.11. The van der Waals surface area contributed by atoms with E-state index in [-0.39, 0.29) is 23.3 Å². The van der Waals surface area contributed by atoms with Crippen LogP contribution in [0.5, 0.6) is 0 Å². The van der Waals surface area contributed by atoms with Crippen LogP contribution < -0.4 is 4.90 Å². The van der Waals surface area contributed by atoms with E-state index in [2.05, 4.69) is 4.98 Å². The molecule has 2 aromatic carbocycles. The number of thiazole rings is 1. The quantitative estimate of drug-likeness (QED) is 0.548. The average molecular weight is 465 g/mol. The molecule has 0 saturated carbocycles. The minimum atomic E-state index is -3.27. The number of carbonyl (C=O) groups is 1. The highest BCUT2D eigenvalue weighted by Gasteiger charge is 2.26. The maximum absolute atomic E-state index is 13.2. The van der Waals surface area contributed by atoms with Crippen LogP contribution in [0.3, 0.4) is 0 Å². The number of nitrogens with zero attached hydrogens (tertiary/aromatic N) is 2. The number of rotatable bonds is 6. The highest BCUT2D eigenvalue weighted by atomic mass is 35.5. The van der Waals surface area contributed by atoms with E-state index in [0.29, 0.717) is 23.3 Å². The number of benzene rings is 2. The van der Waals surface area contributed by atoms with E-state index in [4.69, 9.17) is 16.3 Å². The van der Waals surface area contributed by atoms with Gasteiger partial charge in [-0.25, -0.2) is 13.4 Å². The molecule has 1 saturated heterocycles. The largest absolute Gasteiger partial charge is 0.376 e. The molecule has 30 heavy (non-hydrogen) atoms. The van der Waals surface area contributed by atoms with Gasteiger partial charge in [0.05, 0.1) is 34.2 Å². The standard InChI is InChI=1S/C21H21ClN2O4S2/c1-30(26,27)17-7-4-14(5-8-17)11-20(25)24(13-16-3-2-10-28-16)21-23-18-9-6-15(22)12-19(18)29-21/h4-9,12,16H,2-3,10-11,13H2,1H3. The Morgan fingerprint density at radius 1 is 1.27 bits per heavy atom. The van der Waals surface area contributed by atoms with Crippen LogP contribution in [-0.2, 0) is 25.8 Å². The zero-order valence-electron chi connectivity index (χ0n) is 16.4. The Morgan fingerprint density at radius 2 is 2.03 bits per heavy atom. The van der Waals surface area contributed by atoms with E-state index < -0.39 is 9.84 Å². The van der Waals surface area contributed by atoms with Gasteiger partial charge in [-0.1, -0.05) is 35.1 Å². The fourth-order valence-corrected chi connectivity index (χ4v) is 5.30. The molecule has 4 rings (SSSR count). The number of carbonyl (C=O) groups excluding carboxylic acids is 1. The van der Waals surface area contributed by atoms with Crippen LogP contribution in [0.4, 0.5) is 5.13 Å². The van der Waals surface area contributed by atoms with Crippen LogP contribution in [0, 0.1) is 0 Å². The number of anilines is 1. The Morgan fingerprint density at radius 3 is 2.70 bits per heavy atom. The first-order chi connectivity index (χ1) is 14.3. The topological polar surface area (TPSA) is 76.6 Å². The Labute approximate surface area is 184 Å². The SMILES string of the molecule is CS(=O)(=O)c1ccc(CC(=O)N(CC2CCCO2)c2nc3ccc(Cl)cc3s2)cc1. The number of halogens is 1. The van der Waals surface area contributed by atoms with Crippen molar-refractivity contribution in [1.29, 1.82) is 0 Å². The monoisotopic (exact) mass is 464 g/mol. The highest BCUT2D eigenvalue weighted by molar-refractivity contribution is 7.90. The van der Waals surface area contributed by atoms with Crippen LogP contribution in [-0.4, -0.2) is 44.8 Å². The van der Waals surface area contributed by atoms with Gasteiger partial charge in [-0.2, -0.15) is 0 Å². The molecule has 1 atom stereocenters. The van der Waals surface area contributed by atoms with E-state index in [1.54, 1.807) is 23.1 Å². The molecular weight excluding hydrogens is 444 g/mol. The van der Waals surface area contributed by atoms with Crippen molar-refractivity contribution in [3.63, 3.8) is 0 Å². The summed E-state index contributed by atoms with van der Waals surface area (Å²) in [6, 6.07) is 11.9. The lowest BCUT2D eigenvalue weighted by molar-refractivity contribution is -0.118. The first-order valence-corrected chi connectivity index (χ1v) is 12.7. The lowest BCUT2D eigenvalue weighted by atomic mass is 10.1. The molecule has 0 N–H and O–H groups in total. The summed E-state index contributed by atoms with van der Waals surface area (Å²) in [6.07, 6.45) is 3.18. The molecule has 1 aromatic heterocycles. The van der Waals surface area contributed by atoms with Crippen LogP contribution in [0.2, 0.25) is 5.02 Å². The zero-order valence-corrected chi connectivity index (χ0v) is 18.8. The normalized spacial score (nSPS) is 16.8. The third kappa shape index (κ3) is 4.83. The molecule has 1 unspecified atom stereocenters. The molecule has 1 fully saturated rings. The predicted molar refractivity (Wildman–Crippen MR) is 119 cm³/mol. The minimum Gasteiger partial charge on any atom is -0.376 e. The molecule has 2 heterocycles. The van der Waals surface area contributed by atoms with Crippen molar-refractivity contribution < 1.29 is 17.9 Å². The van der Waals surface area contributed by atoms with Gasteiger partial charge in [-0.05, 0) is 48.7 Å². The molecule has 1 aliphatic heterocycles. The summed E-state index contributed by atoms with van der Waals surface area (Å²) in [6.45, 7) is 1.14. The van der Waals surface area contributed by atoms with Gasteiger partial charge < -0.3 is 4.74 Å². The molecule has 1 aliphatic rings. The second kappa shape index (κ2) is 8.63. The molecule has 0 radical (unpaired) electrons. The smallest absolute Gasteiger partial charge is 0.233 e. The Hall–Kier alpha value is -2.00. The van der Waals surface area contributed by atoms with E-state index in [1.165, 1.54) is 23.5 Å². The van der Waals surface area contributed by atoms with Crippen LogP contribution >= 0.6 is 22.9 Å². The summed E-state index contributed by atoms with van der Waals surface area (Å²) >= 11 is 7.52. The Kier molecular flexibility index (Phi) is 6.11. The molecule has 1 amide bonds. The summed E-state index contributed by atoms with van der Waals surface area (Å²) in [5, 5.41) is 1.24. The second-order valence-corrected chi connectivity index (χ2v) is 10.8. The molecule has 6 nitrogen and oxygen atoms in total. The van der Waals surface area contributed by atoms with Gasteiger partial charge >= 0.3 is 0 Å². The van der Waals surface area contributed by atoms with Crippen molar-refractivity contribution in [1.82, 2.24) is 4.98 Å². The fourth-order valence-electron chi connectivity index (χ4n) is 3.40. The molecule has 9 heteroatoms. The Balaban J connectivity index is 1.60. The van der Waals surface area contributed by atoms with Crippen molar-refractivity contribution in [3.05, 3.63) is 53.1 Å². The lowest BCUT2D eigenvalue weighted by Crippen LogP contribution is -2.38. The first-order valence-electron chi connectivity index (χ1n) is 9.57. The lowest BCUT2D eigenvalue weighted by Gasteiger charge is -2.23. The maximum atomic E-state index is 13.2. The van der Waals surface area contributed by atoms with Crippen molar-refractivity contribution in [2.45, 2.75) is 30.3 Å². The van der Waals surface area contributed by atoms with E-state index in [9.17, 15) is 13.2 Å². The number of aromatic nitrogens is 1. The average Bonchev–Trinajstić information content (AvgIpc) is 3.34. The summed E-state index contributed by atoms with van der Waals surface area (Å²) in [7, 11) is -3.27. The number of fused-ring (bicyclic) bond motifs is 1. The van der Waals surface area contributed by atoms with Gasteiger partial charge in [-0.3, -0.25) is 9.69 Å². The molecule has 0 aliphatic carbocycles. The van der Waals surface area contributed by atoms with Crippen molar-refractivity contribution in [2.24, 2.45) is 0 Å². The van der Waals surface area contributed by atoms with E-state index in [1.807, 2.05) is 12.1 Å². The second-order valence-electron chi connectivity index (χ2n) is 7.34. The van der Waals surface area contributed by atoms with Gasteiger partial charge in [0.2, 0.25) is 5.91 Å². The zero-order chi connectivity index (χ0) is 21.3. The number of hydrogen-bond acceptors (Lipinski definition) is 6. The van der Waals surface area contributed by atoms with Crippen LogP contribution in [0.25, 0.3) is 10.2 Å². The highest BCUT2D eigenvalue weighted by Crippen LogP contribution is 2.32. The minimum absolute atomic E-state index is 0.0165. The van der Waals surface area contributed by atoms with Gasteiger partial charge in [-0.15, -0.1) is 0 Å². The molecular formula is C21H21ClN2O4S2. The summed E-state index contributed by atoms with van der Waals surface area (Å²) in [5.41, 5.74) is 1.54. The molecule has 3 aromatic rings. The number of hydrogen-bond donors (Lipinski definition) is 0. The van der Waals surface area contributed by atoms with Gasteiger partial charge in [0.15, 0.2) is 15.0 Å². The van der Waals surface area contributed by atoms with Crippen molar-refractivity contribution in [2.75, 3.05) is 24.3 Å². The van der Waals surface area contributed by atoms with Crippen molar-refractivity contribution in [3.8, 4) is 0 Å². The first kappa shape index (κ1) is 21.2. The van der Waals surface area contributed by atoms with Crippen LogP contribution in [0.15, 0.2) is 47.4 Å². The summed E-state index contributed by atoms with van der Waals surface area (Å²) < 4.78 is 30.0. The van der Waals surface area contributed by atoms with Crippen LogP contribution in [0.1, 0.15) is 18.4 Å². The Bertz CT molecular complexity index is 1170. The molecule has 158 valence electrons. The number of sulfone groups is 1. The number of amides is 1. The number of ether oxygens (including phenoxy) is 1. The third-order valence-corrected chi connectivity index (χ3v) is 7.39. The molecule has 0 spiro atoms. The van der Waals surface area contributed by atoms with E-state index in [0.717, 1.165) is 34.9 Å². The summed E-state index contributed by atoms with van der Waals surface area (Å²) in [4.78, 5) is 19.8. The maximum Gasteiger partial charge on any atom is 0.233 e. The van der Waals surface area contributed by atoms with Gasteiger partial charge in [0.25, 0.3) is 0 Å².